The Morgan fingerprint density at radius 1 is 1.17 bits per heavy atom. The summed E-state index contributed by atoms with van der Waals surface area (Å²) in [5.74, 6) is -0.856. The van der Waals surface area contributed by atoms with Crippen LogP contribution in [0.5, 0.6) is 0 Å². The zero-order valence-corrected chi connectivity index (χ0v) is 11.3. The van der Waals surface area contributed by atoms with Crippen molar-refractivity contribution in [1.82, 2.24) is 5.32 Å². The van der Waals surface area contributed by atoms with Crippen LogP contribution in [0.1, 0.15) is 33.3 Å². The van der Waals surface area contributed by atoms with Crippen molar-refractivity contribution in [2.45, 2.75) is 38.6 Å². The molecule has 0 amide bonds. The van der Waals surface area contributed by atoms with E-state index in [0.29, 0.717) is 12.1 Å². The Labute approximate surface area is 107 Å². The van der Waals surface area contributed by atoms with Gasteiger partial charge in [0.05, 0.1) is 6.61 Å². The minimum atomic E-state index is -0.557. The lowest BCUT2D eigenvalue weighted by Gasteiger charge is -2.32. The van der Waals surface area contributed by atoms with Crippen LogP contribution in [-0.4, -0.2) is 23.8 Å². The predicted molar refractivity (Wildman–Crippen MR) is 68.6 cm³/mol. The summed E-state index contributed by atoms with van der Waals surface area (Å²) in [6.45, 7) is 7.81. The van der Waals surface area contributed by atoms with Gasteiger partial charge in [-0.15, -0.1) is 0 Å². The second-order valence-electron chi connectivity index (χ2n) is 5.90. The molecule has 18 heavy (non-hydrogen) atoms. The molecule has 0 heterocycles. The van der Waals surface area contributed by atoms with Crippen molar-refractivity contribution < 1.29 is 13.9 Å². The van der Waals surface area contributed by atoms with Gasteiger partial charge in [-0.3, -0.25) is 0 Å². The molecular formula is C14H21F2NO. The van der Waals surface area contributed by atoms with Crippen LogP contribution in [-0.2, 0) is 5.41 Å². The fourth-order valence-electron chi connectivity index (χ4n) is 1.63. The third-order valence-corrected chi connectivity index (χ3v) is 3.06. The summed E-state index contributed by atoms with van der Waals surface area (Å²) < 4.78 is 26.9. The number of nitrogens with one attached hydrogen (secondary N) is 1. The minimum Gasteiger partial charge on any atom is -0.394 e. The van der Waals surface area contributed by atoms with Crippen molar-refractivity contribution in [2.24, 2.45) is 0 Å². The van der Waals surface area contributed by atoms with E-state index in [2.05, 4.69) is 5.32 Å². The zero-order chi connectivity index (χ0) is 14.0. The van der Waals surface area contributed by atoms with Crippen LogP contribution < -0.4 is 5.32 Å². The third-order valence-electron chi connectivity index (χ3n) is 3.06. The van der Waals surface area contributed by atoms with Crippen molar-refractivity contribution in [2.75, 3.05) is 13.2 Å². The average Bonchev–Trinajstić information content (AvgIpc) is 2.30. The molecule has 0 saturated carbocycles. The number of hydrogen-bond donors (Lipinski definition) is 2. The zero-order valence-electron chi connectivity index (χ0n) is 11.3. The Morgan fingerprint density at radius 3 is 2.33 bits per heavy atom. The monoisotopic (exact) mass is 257 g/mol. The molecular weight excluding hydrogens is 236 g/mol. The van der Waals surface area contributed by atoms with Gasteiger partial charge in [0.15, 0.2) is 0 Å². The molecule has 0 aliphatic carbocycles. The molecule has 2 nitrogen and oxygen atoms in total. The van der Waals surface area contributed by atoms with E-state index in [4.69, 9.17) is 5.11 Å². The van der Waals surface area contributed by atoms with Crippen LogP contribution in [0.3, 0.4) is 0 Å². The summed E-state index contributed by atoms with van der Waals surface area (Å²) in [6.07, 6.45) is 0. The molecule has 0 aliphatic rings. The van der Waals surface area contributed by atoms with E-state index in [1.54, 1.807) is 0 Å². The van der Waals surface area contributed by atoms with Crippen molar-refractivity contribution in [3.8, 4) is 0 Å². The standard InChI is InChI=1S/C14H21F2NO/c1-13(2,8-17-14(3,4)9-18)11-7-10(15)5-6-12(11)16/h5-7,17-18H,8-9H2,1-4H3. The molecule has 0 saturated heterocycles. The van der Waals surface area contributed by atoms with Gasteiger partial charge in [0.2, 0.25) is 0 Å². The third kappa shape index (κ3) is 3.75. The maximum Gasteiger partial charge on any atom is 0.127 e. The first-order valence-electron chi connectivity index (χ1n) is 5.99. The summed E-state index contributed by atoms with van der Waals surface area (Å²) in [4.78, 5) is 0. The van der Waals surface area contributed by atoms with Gasteiger partial charge in [-0.05, 0) is 37.6 Å². The van der Waals surface area contributed by atoms with E-state index in [-0.39, 0.29) is 6.61 Å². The molecule has 0 atom stereocenters. The molecule has 1 aromatic carbocycles. The molecule has 0 fully saturated rings. The van der Waals surface area contributed by atoms with Crippen LogP contribution in [0.2, 0.25) is 0 Å². The van der Waals surface area contributed by atoms with Gasteiger partial charge in [0, 0.05) is 17.5 Å². The van der Waals surface area contributed by atoms with Crippen LogP contribution in [0, 0.1) is 11.6 Å². The van der Waals surface area contributed by atoms with E-state index in [1.807, 2.05) is 27.7 Å². The van der Waals surface area contributed by atoms with E-state index in [0.717, 1.165) is 12.1 Å². The summed E-state index contributed by atoms with van der Waals surface area (Å²) >= 11 is 0. The average molecular weight is 257 g/mol. The predicted octanol–water partition coefficient (Wildman–Crippen LogP) is 2.60. The van der Waals surface area contributed by atoms with Gasteiger partial charge in [-0.1, -0.05) is 13.8 Å². The highest BCUT2D eigenvalue weighted by atomic mass is 19.1. The highest BCUT2D eigenvalue weighted by Crippen LogP contribution is 2.26. The van der Waals surface area contributed by atoms with E-state index in [9.17, 15) is 8.78 Å². The number of rotatable bonds is 5. The van der Waals surface area contributed by atoms with Gasteiger partial charge < -0.3 is 10.4 Å². The largest absolute Gasteiger partial charge is 0.394 e. The number of halogens is 2. The van der Waals surface area contributed by atoms with Crippen LogP contribution in [0.4, 0.5) is 8.78 Å². The Balaban J connectivity index is 2.89. The molecule has 0 aromatic heterocycles. The summed E-state index contributed by atoms with van der Waals surface area (Å²) in [5.41, 5.74) is -0.664. The number of aliphatic hydroxyl groups excluding tert-OH is 1. The molecule has 0 radical (unpaired) electrons. The summed E-state index contributed by atoms with van der Waals surface area (Å²) in [6, 6.07) is 3.48. The maximum atomic E-state index is 13.7. The van der Waals surface area contributed by atoms with Gasteiger partial charge in [-0.25, -0.2) is 8.78 Å². The van der Waals surface area contributed by atoms with Crippen molar-refractivity contribution >= 4 is 0 Å². The lowest BCUT2D eigenvalue weighted by molar-refractivity contribution is 0.181. The maximum absolute atomic E-state index is 13.7. The number of hydrogen-bond acceptors (Lipinski definition) is 2. The Morgan fingerprint density at radius 2 is 1.78 bits per heavy atom. The first-order chi connectivity index (χ1) is 8.18. The molecule has 0 bridgehead atoms. The lowest BCUT2D eigenvalue weighted by atomic mass is 9.83. The smallest absolute Gasteiger partial charge is 0.127 e. The molecule has 2 N–H and O–H groups in total. The van der Waals surface area contributed by atoms with Gasteiger partial charge >= 0.3 is 0 Å². The summed E-state index contributed by atoms with van der Waals surface area (Å²) in [7, 11) is 0. The van der Waals surface area contributed by atoms with E-state index < -0.39 is 22.6 Å². The van der Waals surface area contributed by atoms with E-state index in [1.165, 1.54) is 6.07 Å². The van der Waals surface area contributed by atoms with E-state index >= 15 is 0 Å². The Hall–Kier alpha value is -1.00. The highest BCUT2D eigenvalue weighted by molar-refractivity contribution is 5.27. The minimum absolute atomic E-state index is 0.0191. The SMILES string of the molecule is CC(C)(CO)NCC(C)(C)c1cc(F)ccc1F. The molecule has 1 aromatic rings. The van der Waals surface area contributed by atoms with Crippen molar-refractivity contribution in [3.05, 3.63) is 35.4 Å². The van der Waals surface area contributed by atoms with Crippen molar-refractivity contribution in [1.29, 1.82) is 0 Å². The Kier molecular flexibility index (Phi) is 4.46. The lowest BCUT2D eigenvalue weighted by Crippen LogP contribution is -2.48. The second kappa shape index (κ2) is 5.33. The summed E-state index contributed by atoms with van der Waals surface area (Å²) in [5, 5.41) is 12.3. The van der Waals surface area contributed by atoms with Crippen LogP contribution in [0.15, 0.2) is 18.2 Å². The Bertz CT molecular complexity index is 416. The quantitative estimate of drug-likeness (QED) is 0.850. The molecule has 0 unspecified atom stereocenters. The van der Waals surface area contributed by atoms with Crippen molar-refractivity contribution in [3.63, 3.8) is 0 Å². The molecule has 0 aliphatic heterocycles. The molecule has 102 valence electrons. The first kappa shape index (κ1) is 15.1. The fraction of sp³-hybridized carbons (Fsp3) is 0.571. The second-order valence-corrected chi connectivity index (χ2v) is 5.90. The fourth-order valence-corrected chi connectivity index (χ4v) is 1.63. The first-order valence-corrected chi connectivity index (χ1v) is 5.99. The molecule has 0 spiro atoms. The van der Waals surface area contributed by atoms with Crippen LogP contribution in [0.25, 0.3) is 0 Å². The molecule has 1 rings (SSSR count). The normalized spacial score (nSPS) is 12.8. The van der Waals surface area contributed by atoms with Gasteiger partial charge in [-0.2, -0.15) is 0 Å². The number of benzene rings is 1. The number of aliphatic hydroxyl groups is 1. The molecule has 4 heteroatoms. The highest BCUT2D eigenvalue weighted by Gasteiger charge is 2.27. The van der Waals surface area contributed by atoms with Gasteiger partial charge in [0.25, 0.3) is 0 Å². The van der Waals surface area contributed by atoms with Crippen LogP contribution >= 0.6 is 0 Å². The topological polar surface area (TPSA) is 32.3 Å². The van der Waals surface area contributed by atoms with Gasteiger partial charge in [0.1, 0.15) is 11.6 Å².